The minimum Gasteiger partial charge on any atom is -0.497 e. The Bertz CT molecular complexity index is 1260. The predicted molar refractivity (Wildman–Crippen MR) is 133 cm³/mol. The van der Waals surface area contributed by atoms with Crippen molar-refractivity contribution in [2.24, 2.45) is 5.92 Å². The highest BCUT2D eigenvalue weighted by molar-refractivity contribution is 6.13. The van der Waals surface area contributed by atoms with Crippen molar-refractivity contribution >= 4 is 17.7 Å². The number of nitrogens with one attached hydrogen (secondary N) is 1. The Morgan fingerprint density at radius 1 is 1.08 bits per heavy atom. The topological polar surface area (TPSA) is 113 Å². The number of benzene rings is 1. The van der Waals surface area contributed by atoms with E-state index in [1.54, 1.807) is 51.1 Å². The molecule has 37 heavy (non-hydrogen) atoms. The van der Waals surface area contributed by atoms with Crippen LogP contribution in [-0.4, -0.2) is 45.2 Å². The van der Waals surface area contributed by atoms with Crippen molar-refractivity contribution < 1.29 is 37.7 Å². The first-order valence-corrected chi connectivity index (χ1v) is 12.2. The van der Waals surface area contributed by atoms with Gasteiger partial charge in [0.1, 0.15) is 23.2 Å². The van der Waals surface area contributed by atoms with E-state index in [4.69, 9.17) is 23.4 Å². The third-order valence-corrected chi connectivity index (χ3v) is 6.71. The molecule has 1 aliphatic heterocycles. The van der Waals surface area contributed by atoms with Gasteiger partial charge in [-0.15, -0.1) is 0 Å². The number of ether oxygens (including phenoxy) is 4. The lowest BCUT2D eigenvalue weighted by Crippen LogP contribution is -2.43. The smallest absolute Gasteiger partial charge is 0.336 e. The Morgan fingerprint density at radius 3 is 2.46 bits per heavy atom. The third-order valence-electron chi connectivity index (χ3n) is 6.71. The first kappa shape index (κ1) is 26.1. The highest BCUT2D eigenvalue weighted by Gasteiger charge is 2.50. The molecule has 0 spiro atoms. The number of hydrogen-bond donors (Lipinski definition) is 1. The monoisotopic (exact) mass is 509 g/mol. The maximum Gasteiger partial charge on any atom is 0.336 e. The summed E-state index contributed by atoms with van der Waals surface area (Å²) in [6.07, 6.45) is 1.81. The minimum absolute atomic E-state index is 0.123. The molecular formula is C28H31NO8. The zero-order valence-corrected chi connectivity index (χ0v) is 21.6. The van der Waals surface area contributed by atoms with Gasteiger partial charge in [0.05, 0.1) is 45.2 Å². The van der Waals surface area contributed by atoms with Crippen LogP contribution in [0.25, 0.3) is 0 Å². The normalized spacial score (nSPS) is 21.2. The number of Topliss-reactive ketones (excluding diaryl/α,β-unsaturated/α-hetero) is 1. The van der Waals surface area contributed by atoms with Gasteiger partial charge in [-0.25, -0.2) is 4.79 Å². The molecule has 1 aromatic heterocycles. The average molecular weight is 510 g/mol. The van der Waals surface area contributed by atoms with Crippen LogP contribution in [0.4, 0.5) is 0 Å². The fourth-order valence-corrected chi connectivity index (χ4v) is 5.16. The number of methoxy groups -OCH3 is 2. The summed E-state index contributed by atoms with van der Waals surface area (Å²) in [7, 11) is 3.04. The van der Waals surface area contributed by atoms with Gasteiger partial charge in [-0.2, -0.15) is 0 Å². The van der Waals surface area contributed by atoms with E-state index in [9.17, 15) is 14.4 Å². The lowest BCUT2D eigenvalue weighted by atomic mass is 9.68. The molecule has 2 aromatic rings. The molecule has 0 unspecified atom stereocenters. The van der Waals surface area contributed by atoms with Crippen LogP contribution in [0.15, 0.2) is 63.6 Å². The molecular weight excluding hydrogens is 478 g/mol. The van der Waals surface area contributed by atoms with Crippen LogP contribution >= 0.6 is 0 Å². The molecule has 9 nitrogen and oxygen atoms in total. The number of ketones is 1. The second-order valence-electron chi connectivity index (χ2n) is 8.74. The summed E-state index contributed by atoms with van der Waals surface area (Å²) in [4.78, 5) is 40.7. The van der Waals surface area contributed by atoms with Gasteiger partial charge in [-0.1, -0.05) is 0 Å². The predicted octanol–water partition coefficient (Wildman–Crippen LogP) is 4.01. The Kier molecular flexibility index (Phi) is 7.71. The van der Waals surface area contributed by atoms with Crippen molar-refractivity contribution in [2.45, 2.75) is 39.0 Å². The van der Waals surface area contributed by atoms with Crippen molar-refractivity contribution in [2.75, 3.05) is 27.4 Å². The number of allylic oxidation sites excluding steroid dienone is 3. The van der Waals surface area contributed by atoms with Crippen molar-refractivity contribution in [3.05, 3.63) is 70.5 Å². The molecule has 1 aromatic carbocycles. The molecule has 0 radical (unpaired) electrons. The Balaban J connectivity index is 1.95. The van der Waals surface area contributed by atoms with Crippen LogP contribution < -0.4 is 14.8 Å². The molecule has 0 fully saturated rings. The molecule has 0 bridgehead atoms. The van der Waals surface area contributed by atoms with Gasteiger partial charge in [-0.05, 0) is 57.5 Å². The zero-order valence-electron chi connectivity index (χ0n) is 21.6. The SMILES string of the molecule is CCOC(=O)C1=C(C)NC2=C(C(=O)[C@H](C(=O)OCC)[C@H](c3ccco3)C2)[C@H]1c1cc(OC)ccc1OC. The third kappa shape index (κ3) is 4.73. The summed E-state index contributed by atoms with van der Waals surface area (Å²) in [5.74, 6) is -2.74. The summed E-state index contributed by atoms with van der Waals surface area (Å²) in [5.41, 5.74) is 2.26. The summed E-state index contributed by atoms with van der Waals surface area (Å²) in [6.45, 7) is 5.45. The molecule has 9 heteroatoms. The molecule has 0 saturated carbocycles. The summed E-state index contributed by atoms with van der Waals surface area (Å²) in [6, 6.07) is 8.64. The lowest BCUT2D eigenvalue weighted by molar-refractivity contribution is -0.152. The fourth-order valence-electron chi connectivity index (χ4n) is 5.16. The highest BCUT2D eigenvalue weighted by Crippen LogP contribution is 2.50. The van der Waals surface area contributed by atoms with Gasteiger partial charge in [0.15, 0.2) is 5.78 Å². The van der Waals surface area contributed by atoms with Crippen molar-refractivity contribution in [3.63, 3.8) is 0 Å². The van der Waals surface area contributed by atoms with Crippen molar-refractivity contribution in [1.29, 1.82) is 0 Å². The quantitative estimate of drug-likeness (QED) is 0.416. The van der Waals surface area contributed by atoms with Crippen LogP contribution in [0.2, 0.25) is 0 Å². The molecule has 2 aliphatic rings. The van der Waals surface area contributed by atoms with Crippen molar-refractivity contribution in [3.8, 4) is 11.5 Å². The first-order valence-electron chi connectivity index (χ1n) is 12.2. The zero-order chi connectivity index (χ0) is 26.7. The van der Waals surface area contributed by atoms with Gasteiger partial charge in [-0.3, -0.25) is 9.59 Å². The van der Waals surface area contributed by atoms with E-state index in [1.807, 2.05) is 0 Å². The summed E-state index contributed by atoms with van der Waals surface area (Å²) < 4.78 is 27.4. The van der Waals surface area contributed by atoms with E-state index in [-0.39, 0.29) is 18.8 Å². The Hall–Kier alpha value is -4.01. The van der Waals surface area contributed by atoms with Gasteiger partial charge in [0, 0.05) is 28.4 Å². The summed E-state index contributed by atoms with van der Waals surface area (Å²) in [5, 5.41) is 3.26. The molecule has 1 N–H and O–H groups in total. The molecule has 1 aliphatic carbocycles. The molecule has 2 heterocycles. The number of carbonyl (C=O) groups is 3. The Morgan fingerprint density at radius 2 is 1.84 bits per heavy atom. The number of carbonyl (C=O) groups excluding carboxylic acids is 3. The number of hydrogen-bond acceptors (Lipinski definition) is 9. The Labute approximate surface area is 215 Å². The van der Waals surface area contributed by atoms with Gasteiger partial charge >= 0.3 is 11.9 Å². The first-order chi connectivity index (χ1) is 17.9. The van der Waals surface area contributed by atoms with Gasteiger partial charge in [0.25, 0.3) is 0 Å². The highest BCUT2D eigenvalue weighted by atomic mass is 16.5. The number of esters is 2. The van der Waals surface area contributed by atoms with Crippen LogP contribution in [0.3, 0.4) is 0 Å². The van der Waals surface area contributed by atoms with E-state index in [0.717, 1.165) is 0 Å². The molecule has 3 atom stereocenters. The second kappa shape index (κ2) is 10.9. The number of furan rings is 1. The van der Waals surface area contributed by atoms with E-state index in [1.165, 1.54) is 20.5 Å². The fraction of sp³-hybridized carbons (Fsp3) is 0.393. The van der Waals surface area contributed by atoms with Crippen LogP contribution in [-0.2, 0) is 23.9 Å². The van der Waals surface area contributed by atoms with E-state index < -0.39 is 35.5 Å². The van der Waals surface area contributed by atoms with E-state index in [0.29, 0.717) is 46.2 Å². The van der Waals surface area contributed by atoms with E-state index >= 15 is 0 Å². The molecule has 0 amide bonds. The molecule has 4 rings (SSSR count). The lowest BCUT2D eigenvalue weighted by Gasteiger charge is -2.39. The largest absolute Gasteiger partial charge is 0.497 e. The molecule has 196 valence electrons. The van der Waals surface area contributed by atoms with Crippen LogP contribution in [0.1, 0.15) is 50.4 Å². The molecule has 0 saturated heterocycles. The number of dihydropyridines is 1. The number of rotatable bonds is 8. The minimum atomic E-state index is -1.15. The van der Waals surface area contributed by atoms with E-state index in [2.05, 4.69) is 5.32 Å². The van der Waals surface area contributed by atoms with Crippen LogP contribution in [0, 0.1) is 5.92 Å². The van der Waals surface area contributed by atoms with Gasteiger partial charge in [0.2, 0.25) is 0 Å². The maximum atomic E-state index is 14.3. The van der Waals surface area contributed by atoms with Crippen LogP contribution in [0.5, 0.6) is 11.5 Å². The van der Waals surface area contributed by atoms with Gasteiger partial charge < -0.3 is 28.7 Å². The average Bonchev–Trinajstić information content (AvgIpc) is 3.42. The maximum absolute atomic E-state index is 14.3. The standard InChI is InChI=1S/C28H31NO8/c1-6-35-27(31)22-15(3)29-19-14-18(21-9-8-12-37-21)24(28(32)36-7-2)26(30)25(19)23(22)17-13-16(33-4)10-11-20(17)34-5/h8-13,18,23-24,29H,6-7,14H2,1-5H3/t18-,23-,24+/m0/s1. The second-order valence-corrected chi connectivity index (χ2v) is 8.74. The summed E-state index contributed by atoms with van der Waals surface area (Å²) >= 11 is 0. The van der Waals surface area contributed by atoms with Crippen molar-refractivity contribution in [1.82, 2.24) is 5.32 Å².